The summed E-state index contributed by atoms with van der Waals surface area (Å²) in [5.74, 6) is 0.575. The van der Waals surface area contributed by atoms with Crippen molar-refractivity contribution in [3.05, 3.63) is 30.1 Å². The van der Waals surface area contributed by atoms with Gasteiger partial charge in [-0.15, -0.1) is 24.0 Å². The number of amides is 1. The molecule has 1 unspecified atom stereocenters. The molecule has 2 rings (SSSR count). The third-order valence-electron chi connectivity index (χ3n) is 3.94. The summed E-state index contributed by atoms with van der Waals surface area (Å²) < 4.78 is 11.1. The van der Waals surface area contributed by atoms with Crippen molar-refractivity contribution in [3.8, 4) is 0 Å². The molecule has 9 heteroatoms. The van der Waals surface area contributed by atoms with Crippen LogP contribution in [0, 0.1) is 0 Å². The number of aliphatic imine (C=N–C) groups is 1. The zero-order chi connectivity index (χ0) is 18.5. The Labute approximate surface area is 177 Å². The molecule has 27 heavy (non-hydrogen) atoms. The predicted molar refractivity (Wildman–Crippen MR) is 116 cm³/mol. The predicted octanol–water partition coefficient (Wildman–Crippen LogP) is 1.18. The van der Waals surface area contributed by atoms with Crippen molar-refractivity contribution in [2.45, 2.75) is 25.4 Å². The lowest BCUT2D eigenvalue weighted by Gasteiger charge is -2.13. The van der Waals surface area contributed by atoms with E-state index in [9.17, 15) is 4.79 Å². The first-order chi connectivity index (χ1) is 12.8. The topological polar surface area (TPSA) is 96.9 Å². The molecule has 1 aliphatic heterocycles. The van der Waals surface area contributed by atoms with Crippen molar-refractivity contribution in [2.75, 3.05) is 46.5 Å². The number of rotatable bonds is 10. The third kappa shape index (κ3) is 9.87. The Morgan fingerprint density at radius 2 is 2.15 bits per heavy atom. The van der Waals surface area contributed by atoms with Gasteiger partial charge >= 0.3 is 0 Å². The van der Waals surface area contributed by atoms with Crippen LogP contribution in [0.2, 0.25) is 0 Å². The molecule has 1 atom stereocenters. The molecule has 1 amide bonds. The van der Waals surface area contributed by atoms with Gasteiger partial charge in [0, 0.05) is 52.3 Å². The van der Waals surface area contributed by atoms with Crippen LogP contribution in [0.25, 0.3) is 0 Å². The van der Waals surface area contributed by atoms with Gasteiger partial charge in [0.2, 0.25) is 0 Å². The second-order valence-electron chi connectivity index (χ2n) is 5.99. The molecular weight excluding hydrogens is 461 g/mol. The standard InChI is InChI=1S/C18H29N5O3.HI/c1-19-18(22-8-4-11-25-14-16-6-3-12-26-16)23-10-9-21-17(24)15-5-2-7-20-13-15;/h2,5,7,13,16H,3-4,6,8-12,14H2,1H3,(H,21,24)(H2,19,22,23);1H. The zero-order valence-corrected chi connectivity index (χ0v) is 18.1. The summed E-state index contributed by atoms with van der Waals surface area (Å²) in [7, 11) is 1.72. The highest BCUT2D eigenvalue weighted by Gasteiger charge is 2.14. The maximum Gasteiger partial charge on any atom is 0.252 e. The molecule has 8 nitrogen and oxygen atoms in total. The van der Waals surface area contributed by atoms with E-state index in [0.717, 1.165) is 32.4 Å². The van der Waals surface area contributed by atoms with E-state index in [4.69, 9.17) is 9.47 Å². The van der Waals surface area contributed by atoms with E-state index in [1.807, 2.05) is 0 Å². The number of hydrogen-bond donors (Lipinski definition) is 3. The smallest absolute Gasteiger partial charge is 0.252 e. The highest BCUT2D eigenvalue weighted by atomic mass is 127. The Bertz CT molecular complexity index is 553. The minimum Gasteiger partial charge on any atom is -0.379 e. The summed E-state index contributed by atoms with van der Waals surface area (Å²) in [5.41, 5.74) is 0.554. The SMILES string of the molecule is CN=C(NCCCOCC1CCCO1)NCCNC(=O)c1cccnc1.I. The van der Waals surface area contributed by atoms with Crippen molar-refractivity contribution in [1.29, 1.82) is 0 Å². The molecule has 0 aromatic carbocycles. The summed E-state index contributed by atoms with van der Waals surface area (Å²) in [5, 5.41) is 9.22. The Morgan fingerprint density at radius 1 is 1.33 bits per heavy atom. The van der Waals surface area contributed by atoms with E-state index in [0.29, 0.717) is 37.8 Å². The van der Waals surface area contributed by atoms with Crippen LogP contribution in [0.4, 0.5) is 0 Å². The quantitative estimate of drug-likeness (QED) is 0.197. The van der Waals surface area contributed by atoms with Gasteiger partial charge in [0.15, 0.2) is 5.96 Å². The monoisotopic (exact) mass is 491 g/mol. The first-order valence-electron chi connectivity index (χ1n) is 9.11. The van der Waals surface area contributed by atoms with Gasteiger partial charge in [0.05, 0.1) is 18.3 Å². The zero-order valence-electron chi connectivity index (χ0n) is 15.8. The Kier molecular flexibility index (Phi) is 12.7. The summed E-state index contributed by atoms with van der Waals surface area (Å²) in [6.07, 6.45) is 6.60. The number of halogens is 1. The molecule has 1 saturated heterocycles. The first kappa shape index (κ1) is 23.6. The van der Waals surface area contributed by atoms with Crippen LogP contribution in [0.5, 0.6) is 0 Å². The maximum absolute atomic E-state index is 11.9. The molecule has 1 aromatic rings. The number of pyridine rings is 1. The van der Waals surface area contributed by atoms with Crippen LogP contribution < -0.4 is 16.0 Å². The highest BCUT2D eigenvalue weighted by molar-refractivity contribution is 14.0. The lowest BCUT2D eigenvalue weighted by molar-refractivity contribution is 0.0168. The average molecular weight is 491 g/mol. The molecule has 0 aliphatic carbocycles. The second kappa shape index (κ2) is 14.6. The molecule has 2 heterocycles. The lowest BCUT2D eigenvalue weighted by atomic mass is 10.2. The summed E-state index contributed by atoms with van der Waals surface area (Å²) >= 11 is 0. The Morgan fingerprint density at radius 3 is 2.85 bits per heavy atom. The van der Waals surface area contributed by atoms with Crippen molar-refractivity contribution < 1.29 is 14.3 Å². The second-order valence-corrected chi connectivity index (χ2v) is 5.99. The van der Waals surface area contributed by atoms with Gasteiger partial charge < -0.3 is 25.4 Å². The molecular formula is C18H30IN5O3. The largest absolute Gasteiger partial charge is 0.379 e. The fourth-order valence-electron chi connectivity index (χ4n) is 2.55. The first-order valence-corrected chi connectivity index (χ1v) is 9.11. The van der Waals surface area contributed by atoms with Crippen LogP contribution in [-0.2, 0) is 9.47 Å². The van der Waals surface area contributed by atoms with Gasteiger partial charge in [-0.3, -0.25) is 14.8 Å². The van der Waals surface area contributed by atoms with Crippen molar-refractivity contribution in [3.63, 3.8) is 0 Å². The van der Waals surface area contributed by atoms with Gasteiger partial charge in [-0.25, -0.2) is 0 Å². The van der Waals surface area contributed by atoms with E-state index < -0.39 is 0 Å². The fourth-order valence-corrected chi connectivity index (χ4v) is 2.55. The van der Waals surface area contributed by atoms with Crippen LogP contribution in [0.1, 0.15) is 29.6 Å². The van der Waals surface area contributed by atoms with Gasteiger partial charge in [-0.2, -0.15) is 0 Å². The Hall–Kier alpha value is -1.46. The molecule has 0 spiro atoms. The normalized spacial score (nSPS) is 16.5. The molecule has 1 aliphatic rings. The number of nitrogens with one attached hydrogen (secondary N) is 3. The highest BCUT2D eigenvalue weighted by Crippen LogP contribution is 2.11. The summed E-state index contributed by atoms with van der Waals surface area (Å²) in [4.78, 5) is 20.0. The molecule has 0 bridgehead atoms. The van der Waals surface area contributed by atoms with Crippen molar-refractivity contribution in [2.24, 2.45) is 4.99 Å². The number of aromatic nitrogens is 1. The number of carbonyl (C=O) groups excluding carboxylic acids is 1. The van der Waals surface area contributed by atoms with Crippen molar-refractivity contribution in [1.82, 2.24) is 20.9 Å². The minimum atomic E-state index is -0.133. The van der Waals surface area contributed by atoms with E-state index in [-0.39, 0.29) is 36.0 Å². The molecule has 0 saturated carbocycles. The average Bonchev–Trinajstić information content (AvgIpc) is 3.20. The van der Waals surface area contributed by atoms with Gasteiger partial charge in [0.25, 0.3) is 5.91 Å². The molecule has 0 radical (unpaired) electrons. The number of carbonyl (C=O) groups is 1. The van der Waals surface area contributed by atoms with Crippen LogP contribution in [0.15, 0.2) is 29.5 Å². The number of guanidine groups is 1. The van der Waals surface area contributed by atoms with Gasteiger partial charge in [-0.1, -0.05) is 0 Å². The molecule has 1 aromatic heterocycles. The fraction of sp³-hybridized carbons (Fsp3) is 0.611. The summed E-state index contributed by atoms with van der Waals surface area (Å²) in [6, 6.07) is 3.47. The van der Waals surface area contributed by atoms with Crippen molar-refractivity contribution >= 4 is 35.8 Å². The van der Waals surface area contributed by atoms with Crippen LogP contribution in [-0.4, -0.2) is 69.5 Å². The van der Waals surface area contributed by atoms with Gasteiger partial charge in [-0.05, 0) is 31.4 Å². The maximum atomic E-state index is 11.9. The van der Waals surface area contributed by atoms with E-state index in [1.165, 1.54) is 0 Å². The number of ether oxygens (including phenoxy) is 2. The third-order valence-corrected chi connectivity index (χ3v) is 3.94. The molecule has 152 valence electrons. The summed E-state index contributed by atoms with van der Waals surface area (Å²) in [6.45, 7) is 4.10. The molecule has 3 N–H and O–H groups in total. The molecule has 1 fully saturated rings. The van der Waals surface area contributed by atoms with Gasteiger partial charge in [0.1, 0.15) is 0 Å². The van der Waals surface area contributed by atoms with E-state index in [1.54, 1.807) is 31.6 Å². The van der Waals surface area contributed by atoms with E-state index in [2.05, 4.69) is 25.9 Å². The van der Waals surface area contributed by atoms with E-state index >= 15 is 0 Å². The number of hydrogen-bond acceptors (Lipinski definition) is 5. The number of nitrogens with zero attached hydrogens (tertiary/aromatic N) is 2. The van der Waals surface area contributed by atoms with Crippen LogP contribution >= 0.6 is 24.0 Å². The minimum absolute atomic E-state index is 0. The lowest BCUT2D eigenvalue weighted by Crippen LogP contribution is -2.42. The van der Waals surface area contributed by atoms with Crippen LogP contribution in [0.3, 0.4) is 0 Å². The Balaban J connectivity index is 0.00000364.